The van der Waals surface area contributed by atoms with Gasteiger partial charge in [-0.2, -0.15) is 0 Å². The van der Waals surface area contributed by atoms with Crippen LogP contribution in [-0.2, 0) is 0 Å². The van der Waals surface area contributed by atoms with E-state index in [2.05, 4.69) is 30.3 Å². The maximum atomic E-state index is 7.74. The van der Waals surface area contributed by atoms with Crippen LogP contribution in [0.2, 0.25) is 0 Å². The largest absolute Gasteiger partial charge is 0.354 e. The minimum atomic E-state index is -0.0168. The van der Waals surface area contributed by atoms with Gasteiger partial charge in [0.15, 0.2) is 0 Å². The zero-order valence-electron chi connectivity index (χ0n) is 8.23. The summed E-state index contributed by atoms with van der Waals surface area (Å²) < 4.78 is 0. The van der Waals surface area contributed by atoms with Crippen LogP contribution in [0.4, 0.5) is 0 Å². The van der Waals surface area contributed by atoms with Gasteiger partial charge in [0.25, 0.3) is 0 Å². The smallest absolute Gasteiger partial charge is 0.0809 e. The fourth-order valence-electron chi connectivity index (χ4n) is 1.79. The van der Waals surface area contributed by atoms with Gasteiger partial charge in [-0.1, -0.05) is 24.8 Å². The summed E-state index contributed by atoms with van der Waals surface area (Å²) in [6.45, 7) is 3.18. The molecule has 2 aliphatic rings. The summed E-state index contributed by atoms with van der Waals surface area (Å²) >= 11 is 1.46. The van der Waals surface area contributed by atoms with Crippen molar-refractivity contribution in [3.05, 3.63) is 24.0 Å². The third-order valence-electron chi connectivity index (χ3n) is 2.49. The molecule has 2 heterocycles. The third kappa shape index (κ3) is 1.60. The standard InChI is InChI=1S/C10H15N3S/c1-2-4-13-5-3-7-8(6-13)10(12)14-9(7)11/h3,5-7,10-11H,2,4,12H2,1H3. The number of rotatable bonds is 2. The Morgan fingerprint density at radius 2 is 2.43 bits per heavy atom. The van der Waals surface area contributed by atoms with Gasteiger partial charge in [-0.25, -0.2) is 0 Å². The van der Waals surface area contributed by atoms with E-state index in [1.807, 2.05) is 0 Å². The normalized spacial score (nSPS) is 30.6. The molecule has 3 N–H and O–H groups in total. The highest BCUT2D eigenvalue weighted by Crippen LogP contribution is 2.38. The predicted octanol–water partition coefficient (Wildman–Crippen LogP) is 1.73. The molecule has 0 aliphatic carbocycles. The third-order valence-corrected chi connectivity index (χ3v) is 3.52. The van der Waals surface area contributed by atoms with Gasteiger partial charge in [-0.15, -0.1) is 0 Å². The first-order chi connectivity index (χ1) is 6.72. The summed E-state index contributed by atoms with van der Waals surface area (Å²) in [6, 6.07) is 0. The van der Waals surface area contributed by atoms with Gasteiger partial charge >= 0.3 is 0 Å². The Kier molecular flexibility index (Phi) is 2.65. The van der Waals surface area contributed by atoms with Crippen LogP contribution in [0.3, 0.4) is 0 Å². The highest BCUT2D eigenvalue weighted by Gasteiger charge is 2.33. The fraction of sp³-hybridized carbons (Fsp3) is 0.500. The minimum Gasteiger partial charge on any atom is -0.354 e. The van der Waals surface area contributed by atoms with Crippen molar-refractivity contribution >= 4 is 16.8 Å². The van der Waals surface area contributed by atoms with Crippen LogP contribution in [-0.4, -0.2) is 21.9 Å². The van der Waals surface area contributed by atoms with Gasteiger partial charge in [0.1, 0.15) is 0 Å². The molecule has 0 radical (unpaired) electrons. The number of fused-ring (bicyclic) bond motifs is 1. The van der Waals surface area contributed by atoms with E-state index in [4.69, 9.17) is 11.1 Å². The van der Waals surface area contributed by atoms with Crippen molar-refractivity contribution in [1.29, 1.82) is 5.41 Å². The van der Waals surface area contributed by atoms with Crippen LogP contribution in [0.1, 0.15) is 13.3 Å². The first kappa shape index (κ1) is 9.80. The van der Waals surface area contributed by atoms with E-state index in [1.165, 1.54) is 17.3 Å². The van der Waals surface area contributed by atoms with Crippen LogP contribution >= 0.6 is 11.8 Å². The van der Waals surface area contributed by atoms with Crippen molar-refractivity contribution in [1.82, 2.24) is 4.90 Å². The lowest BCUT2D eigenvalue weighted by Gasteiger charge is -2.23. The molecule has 2 unspecified atom stereocenters. The highest BCUT2D eigenvalue weighted by atomic mass is 32.2. The van der Waals surface area contributed by atoms with E-state index < -0.39 is 0 Å². The second-order valence-electron chi connectivity index (χ2n) is 3.59. The number of nitrogens with one attached hydrogen (secondary N) is 1. The predicted molar refractivity (Wildman–Crippen MR) is 61.0 cm³/mol. The van der Waals surface area contributed by atoms with E-state index in [1.54, 1.807) is 0 Å². The zero-order valence-corrected chi connectivity index (χ0v) is 9.05. The summed E-state index contributed by atoms with van der Waals surface area (Å²) in [7, 11) is 0. The first-order valence-corrected chi connectivity index (χ1v) is 5.76. The van der Waals surface area contributed by atoms with Crippen molar-refractivity contribution in [3.8, 4) is 0 Å². The molecule has 3 nitrogen and oxygen atoms in total. The van der Waals surface area contributed by atoms with E-state index in [9.17, 15) is 0 Å². The SMILES string of the molecule is CCCN1C=CC2C(=N)SC(N)C2=C1. The van der Waals surface area contributed by atoms with E-state index in [0.717, 1.165) is 13.0 Å². The molecule has 0 bridgehead atoms. The van der Waals surface area contributed by atoms with Crippen molar-refractivity contribution in [2.45, 2.75) is 18.7 Å². The average Bonchev–Trinajstić information content (AvgIpc) is 2.43. The molecular weight excluding hydrogens is 194 g/mol. The molecule has 76 valence electrons. The number of nitrogens with zero attached hydrogens (tertiary/aromatic N) is 1. The van der Waals surface area contributed by atoms with Crippen molar-refractivity contribution in [2.24, 2.45) is 11.7 Å². The number of hydrogen-bond acceptors (Lipinski definition) is 4. The minimum absolute atomic E-state index is 0.0168. The van der Waals surface area contributed by atoms with E-state index in [0.29, 0.717) is 5.04 Å². The number of nitrogens with two attached hydrogens (primary N) is 1. The molecule has 0 aromatic rings. The molecule has 0 aromatic heterocycles. The summed E-state index contributed by atoms with van der Waals surface area (Å²) in [6.07, 6.45) is 7.37. The Balaban J connectivity index is 2.18. The lowest BCUT2D eigenvalue weighted by atomic mass is 9.99. The van der Waals surface area contributed by atoms with Gasteiger partial charge in [0.05, 0.1) is 16.3 Å². The van der Waals surface area contributed by atoms with Gasteiger partial charge in [-0.3, -0.25) is 5.41 Å². The summed E-state index contributed by atoms with van der Waals surface area (Å²) in [4.78, 5) is 2.16. The molecule has 4 heteroatoms. The van der Waals surface area contributed by atoms with Crippen LogP contribution in [0.15, 0.2) is 24.0 Å². The summed E-state index contributed by atoms with van der Waals surface area (Å²) in [5, 5.41) is 8.40. The molecular formula is C10H15N3S. The highest BCUT2D eigenvalue weighted by molar-refractivity contribution is 8.15. The first-order valence-electron chi connectivity index (χ1n) is 4.88. The summed E-state index contributed by atoms with van der Waals surface area (Å²) in [5.74, 6) is 0.156. The quantitative estimate of drug-likeness (QED) is 0.728. The molecule has 0 saturated carbocycles. The molecule has 1 saturated heterocycles. The molecule has 14 heavy (non-hydrogen) atoms. The van der Waals surface area contributed by atoms with Crippen LogP contribution in [0.5, 0.6) is 0 Å². The molecule has 2 atom stereocenters. The molecule has 1 fully saturated rings. The Morgan fingerprint density at radius 3 is 3.14 bits per heavy atom. The Bertz CT molecular complexity index is 308. The number of allylic oxidation sites excluding steroid dienone is 1. The Labute approximate surface area is 88.5 Å². The topological polar surface area (TPSA) is 53.1 Å². The maximum absolute atomic E-state index is 7.74. The van der Waals surface area contributed by atoms with Crippen molar-refractivity contribution < 1.29 is 0 Å². The molecule has 2 rings (SSSR count). The number of hydrogen-bond donors (Lipinski definition) is 2. The van der Waals surface area contributed by atoms with E-state index in [-0.39, 0.29) is 11.3 Å². The monoisotopic (exact) mass is 209 g/mol. The van der Waals surface area contributed by atoms with Gasteiger partial charge in [-0.05, 0) is 12.0 Å². The average molecular weight is 209 g/mol. The van der Waals surface area contributed by atoms with Crippen LogP contribution < -0.4 is 5.73 Å². The lowest BCUT2D eigenvalue weighted by Crippen LogP contribution is -2.23. The van der Waals surface area contributed by atoms with Crippen LogP contribution in [0.25, 0.3) is 0 Å². The van der Waals surface area contributed by atoms with Gasteiger partial charge in [0, 0.05) is 18.9 Å². The fourth-order valence-corrected chi connectivity index (χ4v) is 2.77. The molecule has 0 aromatic carbocycles. The molecule has 2 aliphatic heterocycles. The zero-order chi connectivity index (χ0) is 10.1. The lowest BCUT2D eigenvalue weighted by molar-refractivity contribution is 0.482. The van der Waals surface area contributed by atoms with Gasteiger partial charge < -0.3 is 10.6 Å². The Hall–Kier alpha value is -0.740. The van der Waals surface area contributed by atoms with Crippen molar-refractivity contribution in [2.75, 3.05) is 6.54 Å². The Morgan fingerprint density at radius 1 is 1.64 bits per heavy atom. The summed E-state index contributed by atoms with van der Waals surface area (Å²) in [5.41, 5.74) is 7.11. The maximum Gasteiger partial charge on any atom is 0.0809 e. The number of thioether (sulfide) groups is 1. The van der Waals surface area contributed by atoms with Crippen molar-refractivity contribution in [3.63, 3.8) is 0 Å². The van der Waals surface area contributed by atoms with Gasteiger partial charge in [0.2, 0.25) is 0 Å². The molecule has 0 amide bonds. The second-order valence-corrected chi connectivity index (χ2v) is 4.77. The molecule has 0 spiro atoms. The van der Waals surface area contributed by atoms with Crippen LogP contribution in [0, 0.1) is 11.3 Å². The second kappa shape index (κ2) is 3.79. The van der Waals surface area contributed by atoms with E-state index >= 15 is 0 Å².